The van der Waals surface area contributed by atoms with Crippen molar-refractivity contribution in [2.75, 3.05) is 0 Å². The minimum absolute atomic E-state index is 0. The molecule has 24 heavy (non-hydrogen) atoms. The van der Waals surface area contributed by atoms with Gasteiger partial charge in [0.25, 0.3) is 10.4 Å². The van der Waals surface area contributed by atoms with Gasteiger partial charge in [-0.2, -0.15) is 0 Å². The Labute approximate surface area is 183 Å². The standard InChI is InChI=1S/C14H12O7S.2Na/c15-14(16)11-6-7-12(13(8-11)21-22(17,18)19)20-9-10-4-2-1-3-5-10;;/h1-8H,9H2,(H,15,16)(H,17,18,19);;/q;2*+1/p-2. The number of rotatable bonds is 6. The van der Waals surface area contributed by atoms with Gasteiger partial charge in [-0.1, -0.05) is 30.3 Å². The largest absolute Gasteiger partial charge is 1.00 e. The number of aromatic carboxylic acids is 1. The Morgan fingerprint density at radius 2 is 1.62 bits per heavy atom. The Morgan fingerprint density at radius 3 is 2.17 bits per heavy atom. The molecule has 0 spiro atoms. The van der Waals surface area contributed by atoms with E-state index in [1.165, 1.54) is 6.07 Å². The Bertz CT molecular complexity index is 779. The summed E-state index contributed by atoms with van der Waals surface area (Å²) < 4.78 is 41.7. The first-order chi connectivity index (χ1) is 10.3. The maximum atomic E-state index is 10.8. The van der Waals surface area contributed by atoms with Gasteiger partial charge in [0.1, 0.15) is 6.61 Å². The number of carboxylic acids is 1. The van der Waals surface area contributed by atoms with Gasteiger partial charge in [0.15, 0.2) is 11.5 Å². The van der Waals surface area contributed by atoms with E-state index in [0.29, 0.717) is 0 Å². The number of carbonyl (C=O) groups excluding carboxylic acids is 1. The van der Waals surface area contributed by atoms with Gasteiger partial charge in [-0.15, -0.1) is 0 Å². The van der Waals surface area contributed by atoms with Gasteiger partial charge in [-0.25, -0.2) is 8.42 Å². The second-order valence-electron chi connectivity index (χ2n) is 4.21. The Kier molecular flexibility index (Phi) is 10.2. The molecule has 2 aromatic carbocycles. The van der Waals surface area contributed by atoms with Crippen LogP contribution in [0, 0.1) is 0 Å². The van der Waals surface area contributed by atoms with Crippen molar-refractivity contribution in [2.45, 2.75) is 6.61 Å². The number of hydrogen-bond acceptors (Lipinski definition) is 7. The first-order valence-corrected chi connectivity index (χ1v) is 7.36. The van der Waals surface area contributed by atoms with E-state index in [9.17, 15) is 22.9 Å². The van der Waals surface area contributed by atoms with Crippen molar-refractivity contribution in [2.24, 2.45) is 0 Å². The molecule has 0 amide bonds. The Hall–Kier alpha value is -0.580. The summed E-state index contributed by atoms with van der Waals surface area (Å²) in [5.74, 6) is -2.12. The molecule has 2 aromatic rings. The van der Waals surface area contributed by atoms with E-state index in [-0.39, 0.29) is 77.0 Å². The molecule has 116 valence electrons. The summed E-state index contributed by atoms with van der Waals surface area (Å²) in [5, 5.41) is 10.8. The number of hydrogen-bond donors (Lipinski definition) is 0. The van der Waals surface area contributed by atoms with Crippen LogP contribution >= 0.6 is 0 Å². The smallest absolute Gasteiger partial charge is 0.716 e. The van der Waals surface area contributed by atoms with Crippen molar-refractivity contribution in [1.82, 2.24) is 0 Å². The van der Waals surface area contributed by atoms with Crippen LogP contribution in [-0.4, -0.2) is 18.9 Å². The summed E-state index contributed by atoms with van der Waals surface area (Å²) in [6, 6.07) is 12.1. The third-order valence-electron chi connectivity index (χ3n) is 2.61. The zero-order chi connectivity index (χ0) is 16.2. The second-order valence-corrected chi connectivity index (χ2v) is 5.20. The van der Waals surface area contributed by atoms with Crippen molar-refractivity contribution < 1.29 is 90.9 Å². The normalized spacial score (nSPS) is 10.0. The van der Waals surface area contributed by atoms with Gasteiger partial charge in [0.2, 0.25) is 0 Å². The van der Waals surface area contributed by atoms with E-state index >= 15 is 0 Å². The van der Waals surface area contributed by atoms with Crippen LogP contribution in [0.4, 0.5) is 0 Å². The number of ether oxygens (including phenoxy) is 1. The molecule has 0 N–H and O–H groups in total. The summed E-state index contributed by atoms with van der Waals surface area (Å²) in [4.78, 5) is 10.8. The predicted octanol–water partition coefficient (Wildman–Crippen LogP) is -5.52. The molecule has 0 bridgehead atoms. The average Bonchev–Trinajstić information content (AvgIpc) is 2.45. The molecule has 0 aromatic heterocycles. The van der Waals surface area contributed by atoms with Crippen LogP contribution in [0.2, 0.25) is 0 Å². The molecule has 0 heterocycles. The number of carboxylic acid groups (broad SMARTS) is 1. The first-order valence-electron chi connectivity index (χ1n) is 6.02. The van der Waals surface area contributed by atoms with Crippen molar-refractivity contribution in [3.8, 4) is 11.5 Å². The van der Waals surface area contributed by atoms with Crippen LogP contribution in [-0.2, 0) is 17.0 Å². The van der Waals surface area contributed by atoms with E-state index in [1.807, 2.05) is 6.07 Å². The van der Waals surface area contributed by atoms with Crippen molar-refractivity contribution in [3.05, 3.63) is 59.7 Å². The molecule has 0 saturated carbocycles. The van der Waals surface area contributed by atoms with E-state index in [2.05, 4.69) is 4.18 Å². The van der Waals surface area contributed by atoms with Crippen LogP contribution < -0.4 is 73.1 Å². The summed E-state index contributed by atoms with van der Waals surface area (Å²) in [6.45, 7) is 0.0841. The molecule has 2 rings (SSSR count). The average molecular weight is 368 g/mol. The molecule has 0 fully saturated rings. The fourth-order valence-corrected chi connectivity index (χ4v) is 2.01. The fourth-order valence-electron chi connectivity index (χ4n) is 1.66. The molecule has 0 aliphatic heterocycles. The summed E-state index contributed by atoms with van der Waals surface area (Å²) >= 11 is 0. The first kappa shape index (κ1) is 23.4. The molecule has 0 aliphatic carbocycles. The second kappa shape index (κ2) is 10.4. The van der Waals surface area contributed by atoms with Crippen LogP contribution in [0.3, 0.4) is 0 Å². The Morgan fingerprint density at radius 1 is 1.00 bits per heavy atom. The molecule has 7 nitrogen and oxygen atoms in total. The molecule has 0 saturated heterocycles. The third kappa shape index (κ3) is 7.54. The molecular weight excluding hydrogens is 358 g/mol. The van der Waals surface area contributed by atoms with Gasteiger partial charge >= 0.3 is 59.1 Å². The van der Waals surface area contributed by atoms with Crippen LogP contribution in [0.5, 0.6) is 11.5 Å². The quantitative estimate of drug-likeness (QED) is 0.284. The van der Waals surface area contributed by atoms with Crippen LogP contribution in [0.1, 0.15) is 15.9 Å². The van der Waals surface area contributed by atoms with E-state index in [4.69, 9.17) is 4.74 Å². The van der Waals surface area contributed by atoms with E-state index in [0.717, 1.165) is 17.7 Å². The molecular formula is C14H10Na2O7S. The maximum absolute atomic E-state index is 10.8. The van der Waals surface area contributed by atoms with Crippen molar-refractivity contribution in [1.29, 1.82) is 0 Å². The Balaban J connectivity index is 0.00000264. The SMILES string of the molecule is O=C([O-])c1ccc(OCc2ccccc2)c(OS(=O)(=O)[O-])c1.[Na+].[Na+]. The zero-order valence-electron chi connectivity index (χ0n) is 13.1. The van der Waals surface area contributed by atoms with E-state index in [1.54, 1.807) is 24.3 Å². The van der Waals surface area contributed by atoms with Gasteiger partial charge in [-0.3, -0.25) is 0 Å². The molecule has 0 atom stereocenters. The van der Waals surface area contributed by atoms with Gasteiger partial charge < -0.3 is 23.4 Å². The number of benzene rings is 2. The van der Waals surface area contributed by atoms with Crippen molar-refractivity contribution in [3.63, 3.8) is 0 Å². The number of carbonyl (C=O) groups is 1. The molecule has 0 aliphatic rings. The third-order valence-corrected chi connectivity index (χ3v) is 2.99. The summed E-state index contributed by atoms with van der Waals surface area (Å²) in [5.41, 5.74) is 0.452. The van der Waals surface area contributed by atoms with E-state index < -0.39 is 22.1 Å². The fraction of sp³-hybridized carbons (Fsp3) is 0.0714. The predicted molar refractivity (Wildman–Crippen MR) is 71.9 cm³/mol. The molecule has 0 radical (unpaired) electrons. The topological polar surface area (TPSA) is 116 Å². The van der Waals surface area contributed by atoms with Gasteiger partial charge in [0, 0.05) is 5.56 Å². The monoisotopic (exact) mass is 368 g/mol. The summed E-state index contributed by atoms with van der Waals surface area (Å²) in [7, 11) is -5.07. The van der Waals surface area contributed by atoms with Crippen LogP contribution in [0.15, 0.2) is 48.5 Å². The molecule has 10 heteroatoms. The minimum Gasteiger partial charge on any atom is -0.716 e. The minimum atomic E-state index is -5.07. The summed E-state index contributed by atoms with van der Waals surface area (Å²) in [6.07, 6.45) is 0. The van der Waals surface area contributed by atoms with Gasteiger partial charge in [0.05, 0.1) is 5.97 Å². The zero-order valence-corrected chi connectivity index (χ0v) is 17.9. The van der Waals surface area contributed by atoms with Gasteiger partial charge in [-0.05, 0) is 23.8 Å². The maximum Gasteiger partial charge on any atom is 1.00 e. The van der Waals surface area contributed by atoms with Crippen LogP contribution in [0.25, 0.3) is 0 Å². The molecule has 0 unspecified atom stereocenters. The van der Waals surface area contributed by atoms with Crippen molar-refractivity contribution >= 4 is 16.4 Å².